The molecule has 0 atom stereocenters. The van der Waals surface area contributed by atoms with Crippen LogP contribution < -0.4 is 16.0 Å². The maximum Gasteiger partial charge on any atom is 0.220 e. The third kappa shape index (κ3) is 4.35. The van der Waals surface area contributed by atoms with E-state index in [1.807, 2.05) is 6.07 Å². The molecule has 5 heteroatoms. The third-order valence-electron chi connectivity index (χ3n) is 3.96. The molecular formula is C16H24ClN3O. The van der Waals surface area contributed by atoms with Gasteiger partial charge in [-0.05, 0) is 30.5 Å². The Morgan fingerprint density at radius 1 is 1.43 bits per heavy atom. The highest BCUT2D eigenvalue weighted by Gasteiger charge is 2.24. The average Bonchev–Trinajstić information content (AvgIpc) is 2.45. The number of hydrogen-bond donors (Lipinski definition) is 2. The van der Waals surface area contributed by atoms with Crippen LogP contribution in [-0.4, -0.2) is 25.0 Å². The van der Waals surface area contributed by atoms with Gasteiger partial charge >= 0.3 is 0 Å². The number of primary amides is 1. The smallest absolute Gasteiger partial charge is 0.220 e. The molecule has 1 amide bonds. The van der Waals surface area contributed by atoms with Crippen molar-refractivity contribution in [1.29, 1.82) is 0 Å². The Morgan fingerprint density at radius 3 is 2.62 bits per heavy atom. The van der Waals surface area contributed by atoms with Gasteiger partial charge < -0.3 is 16.0 Å². The van der Waals surface area contributed by atoms with E-state index in [-0.39, 0.29) is 11.8 Å². The van der Waals surface area contributed by atoms with Crippen LogP contribution in [0, 0.1) is 5.92 Å². The van der Waals surface area contributed by atoms with Crippen LogP contribution in [0.5, 0.6) is 0 Å². The molecule has 1 heterocycles. The molecule has 21 heavy (non-hydrogen) atoms. The fraction of sp³-hybridized carbons (Fsp3) is 0.562. The number of amides is 1. The average molecular weight is 310 g/mol. The van der Waals surface area contributed by atoms with Crippen molar-refractivity contribution >= 4 is 23.2 Å². The van der Waals surface area contributed by atoms with Crippen molar-refractivity contribution in [3.05, 3.63) is 28.8 Å². The largest absolute Gasteiger partial charge is 0.370 e. The van der Waals surface area contributed by atoms with Crippen LogP contribution >= 0.6 is 11.6 Å². The molecule has 0 saturated carbocycles. The summed E-state index contributed by atoms with van der Waals surface area (Å²) >= 11 is 6.42. The molecule has 2 rings (SSSR count). The molecule has 0 unspecified atom stereocenters. The lowest BCUT2D eigenvalue weighted by atomic mass is 9.96. The highest BCUT2D eigenvalue weighted by Crippen LogP contribution is 2.30. The van der Waals surface area contributed by atoms with Gasteiger partial charge in [-0.15, -0.1) is 0 Å². The molecule has 116 valence electrons. The minimum Gasteiger partial charge on any atom is -0.370 e. The molecule has 0 aromatic heterocycles. The highest BCUT2D eigenvalue weighted by atomic mass is 35.5. The first-order chi connectivity index (χ1) is 9.97. The molecule has 1 fully saturated rings. The van der Waals surface area contributed by atoms with Gasteiger partial charge in [0.05, 0.1) is 10.7 Å². The summed E-state index contributed by atoms with van der Waals surface area (Å²) in [5.74, 6) is -0.176. The van der Waals surface area contributed by atoms with Crippen LogP contribution in [0.15, 0.2) is 18.2 Å². The molecule has 0 aliphatic carbocycles. The van der Waals surface area contributed by atoms with E-state index in [1.54, 1.807) is 0 Å². The van der Waals surface area contributed by atoms with Crippen LogP contribution in [0.1, 0.15) is 32.3 Å². The quantitative estimate of drug-likeness (QED) is 0.879. The Hall–Kier alpha value is -1.26. The van der Waals surface area contributed by atoms with Crippen molar-refractivity contribution in [3.8, 4) is 0 Å². The van der Waals surface area contributed by atoms with Crippen molar-refractivity contribution in [3.63, 3.8) is 0 Å². The minimum atomic E-state index is -0.184. The van der Waals surface area contributed by atoms with E-state index < -0.39 is 0 Å². The van der Waals surface area contributed by atoms with E-state index in [2.05, 4.69) is 36.2 Å². The number of hydrogen-bond acceptors (Lipinski definition) is 3. The maximum absolute atomic E-state index is 11.2. The van der Waals surface area contributed by atoms with E-state index in [1.165, 1.54) is 5.56 Å². The van der Waals surface area contributed by atoms with Crippen LogP contribution in [-0.2, 0) is 11.3 Å². The van der Waals surface area contributed by atoms with E-state index in [4.69, 9.17) is 17.3 Å². The molecule has 1 saturated heterocycles. The van der Waals surface area contributed by atoms with Gasteiger partial charge in [-0.2, -0.15) is 0 Å². The van der Waals surface area contributed by atoms with Gasteiger partial charge in [0.15, 0.2) is 0 Å². The summed E-state index contributed by atoms with van der Waals surface area (Å²) in [6, 6.07) is 6.66. The van der Waals surface area contributed by atoms with E-state index >= 15 is 0 Å². The molecule has 4 nitrogen and oxygen atoms in total. The van der Waals surface area contributed by atoms with Gasteiger partial charge in [0, 0.05) is 31.6 Å². The van der Waals surface area contributed by atoms with E-state index in [0.29, 0.717) is 6.04 Å². The number of benzene rings is 1. The van der Waals surface area contributed by atoms with Crippen LogP contribution in [0.3, 0.4) is 0 Å². The molecule has 0 radical (unpaired) electrons. The zero-order valence-electron chi connectivity index (χ0n) is 12.7. The minimum absolute atomic E-state index is 0.00883. The molecule has 1 aliphatic rings. The van der Waals surface area contributed by atoms with Crippen molar-refractivity contribution in [2.75, 3.05) is 18.0 Å². The predicted octanol–water partition coefficient (Wildman–Crippen LogP) is 2.54. The zero-order chi connectivity index (χ0) is 15.4. The first-order valence-corrected chi connectivity index (χ1v) is 7.91. The molecule has 0 bridgehead atoms. The van der Waals surface area contributed by atoms with Gasteiger partial charge in [0.2, 0.25) is 5.91 Å². The Labute approximate surface area is 131 Å². The van der Waals surface area contributed by atoms with Crippen LogP contribution in [0.4, 0.5) is 5.69 Å². The van der Waals surface area contributed by atoms with Crippen LogP contribution in [0.25, 0.3) is 0 Å². The summed E-state index contributed by atoms with van der Waals surface area (Å²) < 4.78 is 0. The first kappa shape index (κ1) is 16.1. The normalized spacial score (nSPS) is 16.5. The van der Waals surface area contributed by atoms with Crippen molar-refractivity contribution in [1.82, 2.24) is 5.32 Å². The summed E-state index contributed by atoms with van der Waals surface area (Å²) in [5.41, 5.74) is 7.60. The molecule has 0 spiro atoms. The summed E-state index contributed by atoms with van der Waals surface area (Å²) in [4.78, 5) is 13.4. The molecular weight excluding hydrogens is 286 g/mol. The van der Waals surface area contributed by atoms with Crippen molar-refractivity contribution in [2.24, 2.45) is 11.7 Å². The van der Waals surface area contributed by atoms with Gasteiger partial charge in [0.25, 0.3) is 0 Å². The second-order valence-corrected chi connectivity index (χ2v) is 6.39. The Kier molecular flexibility index (Phi) is 5.48. The number of nitrogens with one attached hydrogen (secondary N) is 1. The predicted molar refractivity (Wildman–Crippen MR) is 87.6 cm³/mol. The molecule has 1 aliphatic heterocycles. The molecule has 1 aromatic carbocycles. The summed E-state index contributed by atoms with van der Waals surface area (Å²) in [6.45, 7) is 6.73. The number of halogens is 1. The zero-order valence-corrected chi connectivity index (χ0v) is 13.5. The van der Waals surface area contributed by atoms with E-state index in [0.717, 1.165) is 43.2 Å². The van der Waals surface area contributed by atoms with Crippen LogP contribution in [0.2, 0.25) is 5.02 Å². The summed E-state index contributed by atoms with van der Waals surface area (Å²) in [7, 11) is 0. The number of nitrogens with two attached hydrogens (primary N) is 1. The Morgan fingerprint density at radius 2 is 2.10 bits per heavy atom. The second-order valence-electron chi connectivity index (χ2n) is 5.99. The molecule has 3 N–H and O–H groups in total. The molecule has 1 aromatic rings. The number of piperidine rings is 1. The van der Waals surface area contributed by atoms with Gasteiger partial charge in [0.1, 0.15) is 0 Å². The number of carbonyl (C=O) groups is 1. The standard InChI is InChI=1S/C16H24ClN3O/c1-11(2)19-10-12-3-4-15(14(17)9-12)20-7-5-13(6-8-20)16(18)21/h3-4,9,11,13,19H,5-8,10H2,1-2H3,(H2,18,21). The number of rotatable bonds is 5. The Bertz CT molecular complexity index is 496. The highest BCUT2D eigenvalue weighted by molar-refractivity contribution is 6.33. The first-order valence-electron chi connectivity index (χ1n) is 7.53. The summed E-state index contributed by atoms with van der Waals surface area (Å²) in [6.07, 6.45) is 1.62. The maximum atomic E-state index is 11.2. The third-order valence-corrected chi connectivity index (χ3v) is 4.27. The number of anilines is 1. The van der Waals surface area contributed by atoms with E-state index in [9.17, 15) is 4.79 Å². The summed E-state index contributed by atoms with van der Waals surface area (Å²) in [5, 5.41) is 4.16. The number of nitrogens with zero attached hydrogens (tertiary/aromatic N) is 1. The van der Waals surface area contributed by atoms with Crippen molar-refractivity contribution in [2.45, 2.75) is 39.3 Å². The van der Waals surface area contributed by atoms with Crippen molar-refractivity contribution < 1.29 is 4.79 Å². The topological polar surface area (TPSA) is 58.4 Å². The monoisotopic (exact) mass is 309 g/mol. The lowest BCUT2D eigenvalue weighted by molar-refractivity contribution is -0.122. The van der Waals surface area contributed by atoms with Gasteiger partial charge in [-0.1, -0.05) is 31.5 Å². The van der Waals surface area contributed by atoms with Gasteiger partial charge in [-0.25, -0.2) is 0 Å². The fourth-order valence-electron chi connectivity index (χ4n) is 2.64. The lowest BCUT2D eigenvalue weighted by Crippen LogP contribution is -2.38. The second kappa shape index (κ2) is 7.14. The van der Waals surface area contributed by atoms with Gasteiger partial charge in [-0.3, -0.25) is 4.79 Å². The number of carbonyl (C=O) groups excluding carboxylic acids is 1. The lowest BCUT2D eigenvalue weighted by Gasteiger charge is -2.33. The Balaban J connectivity index is 1.99. The SMILES string of the molecule is CC(C)NCc1ccc(N2CCC(C(N)=O)CC2)c(Cl)c1. The fourth-order valence-corrected chi connectivity index (χ4v) is 2.97.